The Balaban J connectivity index is 2.15. The van der Waals surface area contributed by atoms with Gasteiger partial charge in [-0.2, -0.15) is 0 Å². The van der Waals surface area contributed by atoms with E-state index in [9.17, 15) is 0 Å². The molecular formula is C14H21NO. The van der Waals surface area contributed by atoms with E-state index in [0.717, 1.165) is 30.9 Å². The smallest absolute Gasteiger partial charge is 0.122 e. The zero-order chi connectivity index (χ0) is 11.7. The Morgan fingerprint density at radius 3 is 2.44 bits per heavy atom. The van der Waals surface area contributed by atoms with Crippen molar-refractivity contribution in [2.45, 2.75) is 39.2 Å². The van der Waals surface area contributed by atoms with Crippen molar-refractivity contribution in [3.8, 4) is 5.75 Å². The first-order valence-corrected chi connectivity index (χ1v) is 6.00. The summed E-state index contributed by atoms with van der Waals surface area (Å²) >= 11 is 0. The van der Waals surface area contributed by atoms with E-state index < -0.39 is 0 Å². The predicted molar refractivity (Wildman–Crippen MR) is 66.9 cm³/mol. The van der Waals surface area contributed by atoms with Gasteiger partial charge in [0, 0.05) is 6.04 Å². The molecule has 1 aromatic rings. The van der Waals surface area contributed by atoms with E-state index in [1.165, 1.54) is 16.7 Å². The summed E-state index contributed by atoms with van der Waals surface area (Å²) in [5.41, 5.74) is 9.80. The molecule has 0 atom stereocenters. The molecule has 0 spiro atoms. The predicted octanol–water partition coefficient (Wildman–Crippen LogP) is 2.59. The number of rotatable bonds is 3. The molecule has 16 heavy (non-hydrogen) atoms. The van der Waals surface area contributed by atoms with Crippen LogP contribution >= 0.6 is 0 Å². The van der Waals surface area contributed by atoms with Gasteiger partial charge in [-0.25, -0.2) is 0 Å². The fourth-order valence-corrected chi connectivity index (χ4v) is 2.46. The molecule has 0 amide bonds. The second-order valence-corrected chi connectivity index (χ2v) is 5.05. The number of aryl methyl sites for hydroxylation is 2. The van der Waals surface area contributed by atoms with Gasteiger partial charge in [0.2, 0.25) is 0 Å². The SMILES string of the molecule is COc1cc(C)c(C)cc1CC1CC(N)C1. The molecule has 2 heteroatoms. The molecule has 0 aliphatic heterocycles. The zero-order valence-corrected chi connectivity index (χ0v) is 10.4. The Kier molecular flexibility index (Phi) is 3.20. The highest BCUT2D eigenvalue weighted by Gasteiger charge is 2.26. The Bertz CT molecular complexity index is 381. The third-order valence-corrected chi connectivity index (χ3v) is 3.68. The normalized spacial score (nSPS) is 24.0. The third-order valence-electron chi connectivity index (χ3n) is 3.68. The average Bonchev–Trinajstić information content (AvgIpc) is 2.20. The average molecular weight is 219 g/mol. The number of benzene rings is 1. The lowest BCUT2D eigenvalue weighted by Crippen LogP contribution is -2.37. The molecule has 0 heterocycles. The summed E-state index contributed by atoms with van der Waals surface area (Å²) in [6.07, 6.45) is 3.43. The monoisotopic (exact) mass is 219 g/mol. The van der Waals surface area contributed by atoms with Crippen LogP contribution in [0.25, 0.3) is 0 Å². The van der Waals surface area contributed by atoms with Crippen LogP contribution in [0.2, 0.25) is 0 Å². The molecule has 0 aromatic heterocycles. The van der Waals surface area contributed by atoms with Crippen LogP contribution in [0.15, 0.2) is 12.1 Å². The lowest BCUT2D eigenvalue weighted by Gasteiger charge is -2.33. The maximum absolute atomic E-state index is 5.82. The van der Waals surface area contributed by atoms with Crippen molar-refractivity contribution in [2.75, 3.05) is 7.11 Å². The van der Waals surface area contributed by atoms with Crippen molar-refractivity contribution in [1.82, 2.24) is 0 Å². The largest absolute Gasteiger partial charge is 0.496 e. The Labute approximate surface area is 97.8 Å². The first-order valence-electron chi connectivity index (χ1n) is 6.00. The zero-order valence-electron chi connectivity index (χ0n) is 10.4. The van der Waals surface area contributed by atoms with E-state index in [1.54, 1.807) is 7.11 Å². The second kappa shape index (κ2) is 4.46. The van der Waals surface area contributed by atoms with E-state index in [4.69, 9.17) is 10.5 Å². The Hall–Kier alpha value is -1.02. The van der Waals surface area contributed by atoms with Gasteiger partial charge in [-0.05, 0) is 61.8 Å². The summed E-state index contributed by atoms with van der Waals surface area (Å²) in [5.74, 6) is 1.79. The van der Waals surface area contributed by atoms with Gasteiger partial charge in [-0.1, -0.05) is 6.07 Å². The lowest BCUT2D eigenvalue weighted by molar-refractivity contribution is 0.261. The van der Waals surface area contributed by atoms with Crippen molar-refractivity contribution in [3.05, 3.63) is 28.8 Å². The molecule has 0 saturated heterocycles. The number of hydrogen-bond donors (Lipinski definition) is 1. The van der Waals surface area contributed by atoms with Crippen molar-refractivity contribution in [2.24, 2.45) is 11.7 Å². The molecule has 1 saturated carbocycles. The molecule has 0 radical (unpaired) electrons. The molecule has 0 unspecified atom stereocenters. The minimum absolute atomic E-state index is 0.433. The van der Waals surface area contributed by atoms with Crippen molar-refractivity contribution in [1.29, 1.82) is 0 Å². The van der Waals surface area contributed by atoms with Crippen molar-refractivity contribution >= 4 is 0 Å². The Morgan fingerprint density at radius 1 is 1.25 bits per heavy atom. The standard InChI is InChI=1S/C14H21NO/c1-9-4-12(6-11-7-13(15)8-11)14(16-3)5-10(9)2/h4-5,11,13H,6-8,15H2,1-3H3. The quantitative estimate of drug-likeness (QED) is 0.848. The van der Waals surface area contributed by atoms with Crippen LogP contribution in [-0.2, 0) is 6.42 Å². The fraction of sp³-hybridized carbons (Fsp3) is 0.571. The molecule has 1 fully saturated rings. The lowest BCUT2D eigenvalue weighted by atomic mass is 9.77. The summed E-state index contributed by atoms with van der Waals surface area (Å²) in [4.78, 5) is 0. The van der Waals surface area contributed by atoms with Gasteiger partial charge in [0.15, 0.2) is 0 Å². The van der Waals surface area contributed by atoms with Crippen LogP contribution in [0.3, 0.4) is 0 Å². The number of nitrogens with two attached hydrogens (primary N) is 1. The minimum atomic E-state index is 0.433. The molecule has 1 aliphatic carbocycles. The van der Waals surface area contributed by atoms with E-state index in [2.05, 4.69) is 26.0 Å². The van der Waals surface area contributed by atoms with E-state index in [-0.39, 0.29) is 0 Å². The summed E-state index contributed by atoms with van der Waals surface area (Å²) in [6.45, 7) is 4.28. The molecule has 2 nitrogen and oxygen atoms in total. The highest BCUT2D eigenvalue weighted by molar-refractivity contribution is 5.42. The highest BCUT2D eigenvalue weighted by Crippen LogP contribution is 2.33. The maximum Gasteiger partial charge on any atom is 0.122 e. The molecule has 0 bridgehead atoms. The van der Waals surface area contributed by atoms with Crippen LogP contribution in [0.5, 0.6) is 5.75 Å². The van der Waals surface area contributed by atoms with E-state index in [1.807, 2.05) is 0 Å². The Morgan fingerprint density at radius 2 is 1.88 bits per heavy atom. The van der Waals surface area contributed by atoms with Gasteiger partial charge < -0.3 is 10.5 Å². The van der Waals surface area contributed by atoms with Gasteiger partial charge in [-0.3, -0.25) is 0 Å². The van der Waals surface area contributed by atoms with Crippen molar-refractivity contribution < 1.29 is 4.74 Å². The second-order valence-electron chi connectivity index (χ2n) is 5.05. The van der Waals surface area contributed by atoms with Gasteiger partial charge in [-0.15, -0.1) is 0 Å². The summed E-state index contributed by atoms with van der Waals surface area (Å²) in [7, 11) is 1.75. The van der Waals surface area contributed by atoms with Gasteiger partial charge in [0.25, 0.3) is 0 Å². The summed E-state index contributed by atoms with van der Waals surface area (Å²) < 4.78 is 5.45. The summed E-state index contributed by atoms with van der Waals surface area (Å²) in [5, 5.41) is 0. The first kappa shape index (κ1) is 11.5. The van der Waals surface area contributed by atoms with Gasteiger partial charge in [0.1, 0.15) is 5.75 Å². The first-order chi connectivity index (χ1) is 7.60. The highest BCUT2D eigenvalue weighted by atomic mass is 16.5. The van der Waals surface area contributed by atoms with Gasteiger partial charge >= 0.3 is 0 Å². The molecule has 2 N–H and O–H groups in total. The number of methoxy groups -OCH3 is 1. The third kappa shape index (κ3) is 2.22. The number of ether oxygens (including phenoxy) is 1. The molecule has 88 valence electrons. The molecule has 2 rings (SSSR count). The van der Waals surface area contributed by atoms with Crippen LogP contribution in [-0.4, -0.2) is 13.2 Å². The molecule has 1 aromatic carbocycles. The van der Waals surface area contributed by atoms with Gasteiger partial charge in [0.05, 0.1) is 7.11 Å². The fourth-order valence-electron chi connectivity index (χ4n) is 2.46. The maximum atomic E-state index is 5.82. The molecule has 1 aliphatic rings. The van der Waals surface area contributed by atoms with Crippen molar-refractivity contribution in [3.63, 3.8) is 0 Å². The van der Waals surface area contributed by atoms with Crippen LogP contribution < -0.4 is 10.5 Å². The van der Waals surface area contributed by atoms with Crippen LogP contribution in [0, 0.1) is 19.8 Å². The van der Waals surface area contributed by atoms with Crippen LogP contribution in [0.4, 0.5) is 0 Å². The number of hydrogen-bond acceptors (Lipinski definition) is 2. The van der Waals surface area contributed by atoms with Crippen LogP contribution in [0.1, 0.15) is 29.5 Å². The van der Waals surface area contributed by atoms with E-state index >= 15 is 0 Å². The summed E-state index contributed by atoms with van der Waals surface area (Å²) in [6, 6.07) is 4.84. The topological polar surface area (TPSA) is 35.2 Å². The molecular weight excluding hydrogens is 198 g/mol. The van der Waals surface area contributed by atoms with E-state index in [0.29, 0.717) is 6.04 Å². The minimum Gasteiger partial charge on any atom is -0.496 e.